The SMILES string of the molecule is CCCC1Nc2c(cc[nH]c2=O)C(NC(=O)OCc2ccccc2)[C@H]1C. The molecule has 3 atom stereocenters. The highest BCUT2D eigenvalue weighted by molar-refractivity contribution is 5.69. The molecule has 6 heteroatoms. The zero-order chi connectivity index (χ0) is 18.5. The number of aromatic nitrogens is 1. The smallest absolute Gasteiger partial charge is 0.407 e. The van der Waals surface area contributed by atoms with Gasteiger partial charge in [0, 0.05) is 23.7 Å². The molecule has 1 amide bonds. The van der Waals surface area contributed by atoms with Crippen LogP contribution in [0.25, 0.3) is 0 Å². The van der Waals surface area contributed by atoms with Gasteiger partial charge in [-0.05, 0) is 18.1 Å². The Morgan fingerprint density at radius 2 is 2.00 bits per heavy atom. The van der Waals surface area contributed by atoms with Gasteiger partial charge in [-0.2, -0.15) is 0 Å². The number of ether oxygens (including phenoxy) is 1. The summed E-state index contributed by atoms with van der Waals surface area (Å²) in [5.41, 5.74) is 2.10. The first-order chi connectivity index (χ1) is 12.6. The Morgan fingerprint density at radius 3 is 2.73 bits per heavy atom. The Hall–Kier alpha value is -2.76. The predicted molar refractivity (Wildman–Crippen MR) is 101 cm³/mol. The number of benzene rings is 1. The minimum absolute atomic E-state index is 0.121. The van der Waals surface area contributed by atoms with Crippen LogP contribution in [0.2, 0.25) is 0 Å². The summed E-state index contributed by atoms with van der Waals surface area (Å²) < 4.78 is 5.36. The molecule has 6 nitrogen and oxygen atoms in total. The number of rotatable bonds is 5. The molecule has 1 aromatic heterocycles. The lowest BCUT2D eigenvalue weighted by molar-refractivity contribution is 0.130. The molecule has 0 saturated heterocycles. The van der Waals surface area contributed by atoms with Crippen LogP contribution in [0.5, 0.6) is 0 Å². The van der Waals surface area contributed by atoms with E-state index in [9.17, 15) is 9.59 Å². The van der Waals surface area contributed by atoms with Crippen LogP contribution >= 0.6 is 0 Å². The van der Waals surface area contributed by atoms with Gasteiger partial charge in [-0.1, -0.05) is 50.6 Å². The van der Waals surface area contributed by atoms with Crippen LogP contribution < -0.4 is 16.2 Å². The standard InChI is InChI=1S/C20H25N3O3/c1-3-7-16-13(2)17(15-10-11-21-19(24)18(15)22-16)23-20(25)26-12-14-8-5-4-6-9-14/h4-6,8-11,13,16-17,22H,3,7,12H2,1-2H3,(H,21,24)(H,23,25)/t13-,16?,17?/m0/s1. The molecule has 0 spiro atoms. The van der Waals surface area contributed by atoms with E-state index < -0.39 is 6.09 Å². The van der Waals surface area contributed by atoms with E-state index in [0.717, 1.165) is 24.0 Å². The molecule has 0 saturated carbocycles. The summed E-state index contributed by atoms with van der Waals surface area (Å²) in [5.74, 6) is 0.133. The maximum atomic E-state index is 12.3. The van der Waals surface area contributed by atoms with E-state index >= 15 is 0 Å². The molecule has 2 unspecified atom stereocenters. The van der Waals surface area contributed by atoms with Crippen molar-refractivity contribution in [2.45, 2.75) is 45.4 Å². The van der Waals surface area contributed by atoms with Crippen LogP contribution in [0.15, 0.2) is 47.4 Å². The van der Waals surface area contributed by atoms with Gasteiger partial charge in [-0.3, -0.25) is 4.79 Å². The molecule has 26 heavy (non-hydrogen) atoms. The molecule has 0 aliphatic carbocycles. The van der Waals surface area contributed by atoms with Crippen LogP contribution in [0.3, 0.4) is 0 Å². The van der Waals surface area contributed by atoms with Gasteiger partial charge < -0.3 is 20.4 Å². The van der Waals surface area contributed by atoms with Gasteiger partial charge in [-0.25, -0.2) is 4.79 Å². The Morgan fingerprint density at radius 1 is 1.23 bits per heavy atom. The van der Waals surface area contributed by atoms with E-state index in [1.54, 1.807) is 6.20 Å². The van der Waals surface area contributed by atoms with Gasteiger partial charge in [0.15, 0.2) is 0 Å². The second kappa shape index (κ2) is 8.08. The van der Waals surface area contributed by atoms with E-state index in [1.165, 1.54) is 0 Å². The second-order valence-electron chi connectivity index (χ2n) is 6.72. The average molecular weight is 355 g/mol. The molecule has 138 valence electrons. The van der Waals surface area contributed by atoms with Crippen LogP contribution in [0.4, 0.5) is 10.5 Å². The Balaban J connectivity index is 1.75. The highest BCUT2D eigenvalue weighted by Gasteiger charge is 2.35. The van der Waals surface area contributed by atoms with Crippen molar-refractivity contribution in [2.24, 2.45) is 5.92 Å². The summed E-state index contributed by atoms with van der Waals surface area (Å²) in [6.45, 7) is 4.40. The number of amides is 1. The van der Waals surface area contributed by atoms with Gasteiger partial charge in [0.25, 0.3) is 5.56 Å². The zero-order valence-electron chi connectivity index (χ0n) is 15.1. The molecule has 1 aliphatic rings. The summed E-state index contributed by atoms with van der Waals surface area (Å²) in [7, 11) is 0. The van der Waals surface area contributed by atoms with E-state index in [2.05, 4.69) is 29.5 Å². The summed E-state index contributed by atoms with van der Waals surface area (Å²) >= 11 is 0. The van der Waals surface area contributed by atoms with Crippen molar-refractivity contribution < 1.29 is 9.53 Å². The number of alkyl carbamates (subject to hydrolysis) is 1. The van der Waals surface area contributed by atoms with Crippen LogP contribution in [0.1, 0.15) is 43.9 Å². The van der Waals surface area contributed by atoms with Gasteiger partial charge in [-0.15, -0.1) is 0 Å². The molecule has 0 bridgehead atoms. The summed E-state index contributed by atoms with van der Waals surface area (Å²) in [6, 6.07) is 11.2. The summed E-state index contributed by atoms with van der Waals surface area (Å²) in [5, 5.41) is 6.30. The number of nitrogens with one attached hydrogen (secondary N) is 3. The molecule has 0 fully saturated rings. The zero-order valence-corrected chi connectivity index (χ0v) is 15.1. The minimum Gasteiger partial charge on any atom is -0.445 e. The highest BCUT2D eigenvalue weighted by atomic mass is 16.5. The highest BCUT2D eigenvalue weighted by Crippen LogP contribution is 2.36. The normalized spacial score (nSPS) is 21.4. The fraction of sp³-hybridized carbons (Fsp3) is 0.400. The maximum Gasteiger partial charge on any atom is 0.407 e. The van der Waals surface area contributed by atoms with Gasteiger partial charge >= 0.3 is 6.09 Å². The van der Waals surface area contributed by atoms with Crippen molar-refractivity contribution in [1.82, 2.24) is 10.3 Å². The van der Waals surface area contributed by atoms with Crippen LogP contribution in [-0.4, -0.2) is 17.1 Å². The van der Waals surface area contributed by atoms with Crippen LogP contribution in [-0.2, 0) is 11.3 Å². The van der Waals surface area contributed by atoms with Crippen molar-refractivity contribution in [1.29, 1.82) is 0 Å². The van der Waals surface area contributed by atoms with Crippen molar-refractivity contribution in [3.63, 3.8) is 0 Å². The van der Waals surface area contributed by atoms with E-state index in [-0.39, 0.29) is 30.2 Å². The molecule has 1 aromatic carbocycles. The molecule has 1 aliphatic heterocycles. The van der Waals surface area contributed by atoms with Crippen molar-refractivity contribution in [2.75, 3.05) is 5.32 Å². The second-order valence-corrected chi connectivity index (χ2v) is 6.72. The first-order valence-electron chi connectivity index (χ1n) is 9.05. The largest absolute Gasteiger partial charge is 0.445 e. The lowest BCUT2D eigenvalue weighted by atomic mass is 9.82. The molecular weight excluding hydrogens is 330 g/mol. The van der Waals surface area contributed by atoms with E-state index in [1.807, 2.05) is 36.4 Å². The summed E-state index contributed by atoms with van der Waals surface area (Å²) in [6.07, 6.45) is 3.05. The number of aromatic amines is 1. The number of hydrogen-bond donors (Lipinski definition) is 3. The van der Waals surface area contributed by atoms with E-state index in [4.69, 9.17) is 4.74 Å². The molecule has 2 aromatic rings. The predicted octanol–water partition coefficient (Wildman–Crippen LogP) is 3.57. The number of pyridine rings is 1. The number of carbonyl (C=O) groups excluding carboxylic acids is 1. The number of H-pyrrole nitrogens is 1. The minimum atomic E-state index is -0.478. The van der Waals surface area contributed by atoms with E-state index in [0.29, 0.717) is 5.69 Å². The third kappa shape index (κ3) is 3.90. The lowest BCUT2D eigenvalue weighted by Crippen LogP contribution is -2.45. The molecule has 0 radical (unpaired) electrons. The number of fused-ring (bicyclic) bond motifs is 1. The van der Waals surface area contributed by atoms with Crippen LogP contribution in [0, 0.1) is 5.92 Å². The van der Waals surface area contributed by atoms with Crippen molar-refractivity contribution in [3.8, 4) is 0 Å². The monoisotopic (exact) mass is 355 g/mol. The third-order valence-electron chi connectivity index (χ3n) is 4.90. The Bertz CT molecular complexity index is 803. The fourth-order valence-corrected chi connectivity index (χ4v) is 3.48. The average Bonchev–Trinajstić information content (AvgIpc) is 2.65. The molecule has 2 heterocycles. The lowest BCUT2D eigenvalue weighted by Gasteiger charge is -2.38. The molecule has 3 N–H and O–H groups in total. The van der Waals surface area contributed by atoms with Crippen molar-refractivity contribution >= 4 is 11.8 Å². The Labute approximate surface area is 153 Å². The number of hydrogen-bond acceptors (Lipinski definition) is 4. The summed E-state index contributed by atoms with van der Waals surface area (Å²) in [4.78, 5) is 27.2. The number of anilines is 1. The quantitative estimate of drug-likeness (QED) is 0.766. The Kier molecular flexibility index (Phi) is 5.61. The third-order valence-corrected chi connectivity index (χ3v) is 4.90. The van der Waals surface area contributed by atoms with Gasteiger partial charge in [0.05, 0.1) is 6.04 Å². The maximum absolute atomic E-state index is 12.3. The molecular formula is C20H25N3O3. The van der Waals surface area contributed by atoms with Gasteiger partial charge in [0.1, 0.15) is 12.3 Å². The van der Waals surface area contributed by atoms with Gasteiger partial charge in [0.2, 0.25) is 0 Å². The molecule has 3 rings (SSSR count). The number of carbonyl (C=O) groups is 1. The topological polar surface area (TPSA) is 83.2 Å². The van der Waals surface area contributed by atoms with Crippen molar-refractivity contribution in [3.05, 3.63) is 64.1 Å². The fourth-order valence-electron chi connectivity index (χ4n) is 3.48. The first kappa shape index (κ1) is 18.0. The first-order valence-corrected chi connectivity index (χ1v) is 9.05.